The zero-order chi connectivity index (χ0) is 24.5. The maximum absolute atomic E-state index is 14.4. The lowest BCUT2D eigenvalue weighted by Gasteiger charge is -2.26. The standard InChI is InChI=1S/C27H26FN3O4/c1-16-25(15-35-30-16)18-2-7-24-19(12-18)8-9-31(27(24)34)14-17-10-20(13-21(28)11-17)26(33)29-22-3-5-23(32)6-4-22/h2,7-13,15,22-23,32H,3-6,14H2,1H3,(H,29,33). The van der Waals surface area contributed by atoms with Crippen LogP contribution in [0.4, 0.5) is 4.39 Å². The lowest BCUT2D eigenvalue weighted by atomic mass is 9.93. The van der Waals surface area contributed by atoms with Gasteiger partial charge in [0.25, 0.3) is 11.5 Å². The van der Waals surface area contributed by atoms with E-state index < -0.39 is 5.82 Å². The number of aliphatic hydroxyl groups excluding tert-OH is 1. The smallest absolute Gasteiger partial charge is 0.258 e. The van der Waals surface area contributed by atoms with Gasteiger partial charge in [0.1, 0.15) is 12.1 Å². The number of rotatable bonds is 5. The molecule has 0 radical (unpaired) electrons. The van der Waals surface area contributed by atoms with Crippen molar-refractivity contribution in [2.45, 2.75) is 51.3 Å². The van der Waals surface area contributed by atoms with Gasteiger partial charge in [-0.25, -0.2) is 4.39 Å². The van der Waals surface area contributed by atoms with Crippen LogP contribution in [0, 0.1) is 12.7 Å². The molecular weight excluding hydrogens is 449 g/mol. The third-order valence-corrected chi connectivity index (χ3v) is 6.64. The van der Waals surface area contributed by atoms with Gasteiger partial charge in [0.2, 0.25) is 0 Å². The van der Waals surface area contributed by atoms with Crippen LogP contribution in [0.1, 0.15) is 47.3 Å². The van der Waals surface area contributed by atoms with Gasteiger partial charge in [0, 0.05) is 28.8 Å². The Morgan fingerprint density at radius 3 is 2.71 bits per heavy atom. The third-order valence-electron chi connectivity index (χ3n) is 6.64. The molecule has 0 aliphatic heterocycles. The number of aryl methyl sites for hydroxylation is 1. The van der Waals surface area contributed by atoms with Crippen LogP contribution in [0.15, 0.2) is 64.2 Å². The van der Waals surface area contributed by atoms with Gasteiger partial charge in [-0.2, -0.15) is 0 Å². The number of fused-ring (bicyclic) bond motifs is 1. The van der Waals surface area contributed by atoms with E-state index in [-0.39, 0.29) is 35.7 Å². The van der Waals surface area contributed by atoms with Gasteiger partial charge in [-0.3, -0.25) is 9.59 Å². The zero-order valence-electron chi connectivity index (χ0n) is 19.3. The Kier molecular flexibility index (Phi) is 6.21. The topological polar surface area (TPSA) is 97.4 Å². The van der Waals surface area contributed by atoms with E-state index in [0.717, 1.165) is 22.2 Å². The molecule has 0 spiro atoms. The first kappa shape index (κ1) is 23.0. The Hall–Kier alpha value is -3.78. The molecule has 1 amide bonds. The average molecular weight is 476 g/mol. The first-order chi connectivity index (χ1) is 16.9. The predicted octanol–water partition coefficient (Wildman–Crippen LogP) is 4.19. The first-order valence-electron chi connectivity index (χ1n) is 11.7. The Labute approximate surface area is 201 Å². The number of amides is 1. The predicted molar refractivity (Wildman–Crippen MR) is 130 cm³/mol. The molecule has 0 unspecified atom stereocenters. The normalized spacial score (nSPS) is 18.0. The molecule has 2 aromatic heterocycles. The van der Waals surface area contributed by atoms with Crippen LogP contribution in [0.2, 0.25) is 0 Å². The van der Waals surface area contributed by atoms with Crippen LogP contribution in [0.3, 0.4) is 0 Å². The number of halogens is 1. The Morgan fingerprint density at radius 2 is 1.97 bits per heavy atom. The lowest BCUT2D eigenvalue weighted by molar-refractivity contribution is 0.0867. The zero-order valence-corrected chi connectivity index (χ0v) is 19.3. The molecule has 7 nitrogen and oxygen atoms in total. The van der Waals surface area contributed by atoms with E-state index in [2.05, 4.69) is 10.5 Å². The molecule has 35 heavy (non-hydrogen) atoms. The molecule has 2 N–H and O–H groups in total. The SMILES string of the molecule is Cc1nocc1-c1ccc2c(=O)n(Cc3cc(F)cc(C(=O)NC4CCC(O)CC4)c3)ccc2c1. The number of nitrogens with zero attached hydrogens (tertiary/aromatic N) is 2. The highest BCUT2D eigenvalue weighted by Crippen LogP contribution is 2.25. The number of pyridine rings is 1. The van der Waals surface area contributed by atoms with Gasteiger partial charge in [-0.1, -0.05) is 11.2 Å². The molecule has 1 saturated carbocycles. The molecule has 0 bridgehead atoms. The van der Waals surface area contributed by atoms with Gasteiger partial charge >= 0.3 is 0 Å². The summed E-state index contributed by atoms with van der Waals surface area (Å²) in [5.41, 5.74) is 3.07. The lowest BCUT2D eigenvalue weighted by Crippen LogP contribution is -2.38. The Bertz CT molecular complexity index is 1450. The molecule has 0 atom stereocenters. The molecule has 1 aliphatic rings. The van der Waals surface area contributed by atoms with E-state index in [4.69, 9.17) is 4.52 Å². The maximum atomic E-state index is 14.4. The van der Waals surface area contributed by atoms with Crippen molar-refractivity contribution in [1.82, 2.24) is 15.0 Å². The second-order valence-corrected chi connectivity index (χ2v) is 9.19. The number of carbonyl (C=O) groups excluding carboxylic acids is 1. The summed E-state index contributed by atoms with van der Waals surface area (Å²) in [5.74, 6) is -0.885. The molecule has 0 saturated heterocycles. The fourth-order valence-electron chi connectivity index (χ4n) is 4.71. The molecule has 4 aromatic rings. The second-order valence-electron chi connectivity index (χ2n) is 9.19. The fourth-order valence-corrected chi connectivity index (χ4v) is 4.71. The summed E-state index contributed by atoms with van der Waals surface area (Å²) in [6.07, 6.45) is 5.61. The van der Waals surface area contributed by atoms with Crippen molar-refractivity contribution in [3.05, 3.63) is 87.9 Å². The summed E-state index contributed by atoms with van der Waals surface area (Å²) in [6.45, 7) is 1.99. The summed E-state index contributed by atoms with van der Waals surface area (Å²) in [7, 11) is 0. The van der Waals surface area contributed by atoms with E-state index in [9.17, 15) is 19.1 Å². The Morgan fingerprint density at radius 1 is 1.17 bits per heavy atom. The van der Waals surface area contributed by atoms with Crippen molar-refractivity contribution >= 4 is 16.7 Å². The highest BCUT2D eigenvalue weighted by molar-refractivity contribution is 5.94. The van der Waals surface area contributed by atoms with Crippen LogP contribution in [0.5, 0.6) is 0 Å². The van der Waals surface area contributed by atoms with Crippen molar-refractivity contribution < 1.29 is 18.8 Å². The van der Waals surface area contributed by atoms with E-state index >= 15 is 0 Å². The summed E-state index contributed by atoms with van der Waals surface area (Å²) < 4.78 is 20.9. The molecule has 180 valence electrons. The number of nitrogens with one attached hydrogen (secondary N) is 1. The maximum Gasteiger partial charge on any atom is 0.258 e. The molecular formula is C27H26FN3O4. The monoisotopic (exact) mass is 475 g/mol. The minimum Gasteiger partial charge on any atom is -0.393 e. The van der Waals surface area contributed by atoms with E-state index in [1.54, 1.807) is 24.6 Å². The van der Waals surface area contributed by atoms with Crippen molar-refractivity contribution in [2.24, 2.45) is 0 Å². The highest BCUT2D eigenvalue weighted by atomic mass is 19.1. The molecule has 2 aromatic carbocycles. The number of aromatic nitrogens is 2. The molecule has 8 heteroatoms. The number of aliphatic hydroxyl groups is 1. The molecule has 2 heterocycles. The first-order valence-corrected chi connectivity index (χ1v) is 11.7. The van der Waals surface area contributed by atoms with E-state index in [1.165, 1.54) is 16.7 Å². The Balaban J connectivity index is 1.38. The summed E-state index contributed by atoms with van der Waals surface area (Å²) in [5, 5.41) is 17.8. The average Bonchev–Trinajstić information content (AvgIpc) is 3.27. The van der Waals surface area contributed by atoms with Crippen LogP contribution < -0.4 is 10.9 Å². The van der Waals surface area contributed by atoms with Crippen LogP contribution in [0.25, 0.3) is 21.9 Å². The fraction of sp³-hybridized carbons (Fsp3) is 0.296. The summed E-state index contributed by atoms with van der Waals surface area (Å²) in [6, 6.07) is 11.5. The minimum absolute atomic E-state index is 0.0350. The molecule has 1 fully saturated rings. The van der Waals surface area contributed by atoms with E-state index in [0.29, 0.717) is 36.6 Å². The van der Waals surface area contributed by atoms with Gasteiger partial charge < -0.3 is 19.5 Å². The summed E-state index contributed by atoms with van der Waals surface area (Å²) in [4.78, 5) is 25.9. The molecule has 5 rings (SSSR count). The van der Waals surface area contributed by atoms with Crippen molar-refractivity contribution in [1.29, 1.82) is 0 Å². The van der Waals surface area contributed by atoms with Crippen LogP contribution in [-0.4, -0.2) is 32.9 Å². The van der Waals surface area contributed by atoms with E-state index in [1.807, 2.05) is 25.1 Å². The van der Waals surface area contributed by atoms with Gasteiger partial charge in [0.05, 0.1) is 18.3 Å². The van der Waals surface area contributed by atoms with Crippen LogP contribution in [-0.2, 0) is 6.54 Å². The quantitative estimate of drug-likeness (QED) is 0.451. The van der Waals surface area contributed by atoms with Gasteiger partial charge in [-0.15, -0.1) is 0 Å². The van der Waals surface area contributed by atoms with Crippen LogP contribution >= 0.6 is 0 Å². The minimum atomic E-state index is -0.533. The number of benzene rings is 2. The van der Waals surface area contributed by atoms with Gasteiger partial charge in [-0.05, 0) is 85.5 Å². The third kappa shape index (κ3) is 4.88. The number of hydrogen-bond donors (Lipinski definition) is 2. The van der Waals surface area contributed by atoms with Crippen molar-refractivity contribution in [3.8, 4) is 11.1 Å². The number of hydrogen-bond acceptors (Lipinski definition) is 5. The largest absolute Gasteiger partial charge is 0.393 e. The van der Waals surface area contributed by atoms with Gasteiger partial charge in [0.15, 0.2) is 0 Å². The second kappa shape index (κ2) is 9.46. The van der Waals surface area contributed by atoms with Crippen molar-refractivity contribution in [3.63, 3.8) is 0 Å². The molecule has 1 aliphatic carbocycles. The highest BCUT2D eigenvalue weighted by Gasteiger charge is 2.21. The summed E-state index contributed by atoms with van der Waals surface area (Å²) >= 11 is 0. The van der Waals surface area contributed by atoms with Crippen molar-refractivity contribution in [2.75, 3.05) is 0 Å². The number of carbonyl (C=O) groups is 1.